The van der Waals surface area contributed by atoms with Gasteiger partial charge in [0.15, 0.2) is 13.9 Å². The number of hydrogen-bond acceptors (Lipinski definition) is 4. The Morgan fingerprint density at radius 3 is 2.42 bits per heavy atom. The molecule has 0 aliphatic carbocycles. The van der Waals surface area contributed by atoms with Gasteiger partial charge in [-0.3, -0.25) is 4.79 Å². The Kier molecular flexibility index (Phi) is 3.36. The summed E-state index contributed by atoms with van der Waals surface area (Å²) in [6, 6.07) is 5.59. The second kappa shape index (κ2) is 4.69. The summed E-state index contributed by atoms with van der Waals surface area (Å²) >= 11 is 0. The summed E-state index contributed by atoms with van der Waals surface area (Å²) < 4.78 is 7.07. The van der Waals surface area contributed by atoms with Crippen molar-refractivity contribution in [2.75, 3.05) is 18.8 Å². The van der Waals surface area contributed by atoms with Crippen LogP contribution in [0.25, 0.3) is 0 Å². The van der Waals surface area contributed by atoms with E-state index in [1.807, 2.05) is 22.8 Å². The van der Waals surface area contributed by atoms with Crippen molar-refractivity contribution in [2.45, 2.75) is 19.6 Å². The maximum absolute atomic E-state index is 12.5. The van der Waals surface area contributed by atoms with E-state index in [1.54, 1.807) is 7.11 Å². The summed E-state index contributed by atoms with van der Waals surface area (Å²) in [6.45, 7) is 6.36. The van der Waals surface area contributed by atoms with Gasteiger partial charge in [0.1, 0.15) is 12.9 Å². The lowest BCUT2D eigenvalue weighted by Crippen LogP contribution is -2.49. The Bertz CT molecular complexity index is 549. The maximum Gasteiger partial charge on any atom is 0.273 e. The van der Waals surface area contributed by atoms with Gasteiger partial charge in [-0.2, -0.15) is 0 Å². The number of amides is 1. The Morgan fingerprint density at radius 1 is 1.21 bits per heavy atom. The molecule has 1 aliphatic rings. The third-order valence-electron chi connectivity index (χ3n) is 2.96. The molecule has 5 nitrogen and oxygen atoms in total. The average molecular weight is 278 g/mol. The summed E-state index contributed by atoms with van der Waals surface area (Å²) in [5.74, 6) is 0.608. The lowest BCUT2D eigenvalue weighted by atomic mass is 10.1. The van der Waals surface area contributed by atoms with E-state index in [1.165, 1.54) is 7.11 Å². The lowest BCUT2D eigenvalue weighted by molar-refractivity contribution is -0.111. The van der Waals surface area contributed by atoms with E-state index in [-0.39, 0.29) is 5.91 Å². The van der Waals surface area contributed by atoms with Crippen LogP contribution in [0.4, 0.5) is 5.69 Å². The summed E-state index contributed by atoms with van der Waals surface area (Å²) in [5, 5.41) is 3.88. The second-order valence-electron chi connectivity index (χ2n) is 5.32. The van der Waals surface area contributed by atoms with Gasteiger partial charge in [0.25, 0.3) is 5.91 Å². The standard InChI is InChI=1S/C13H18N2O3Si/c1-17-9-6-7-11-10(8-9)12(14-18-2)13(16)15(11)19(3,4)5/h6-8H,1-5H3/b14-12-. The van der Waals surface area contributed by atoms with Crippen LogP contribution in [0.3, 0.4) is 0 Å². The molecule has 0 saturated carbocycles. The molecule has 102 valence electrons. The Morgan fingerprint density at radius 2 is 1.89 bits per heavy atom. The first-order chi connectivity index (χ1) is 8.90. The van der Waals surface area contributed by atoms with Gasteiger partial charge in [-0.05, 0) is 18.2 Å². The molecular formula is C13H18N2O3Si. The fraction of sp³-hybridized carbons (Fsp3) is 0.385. The maximum atomic E-state index is 12.5. The lowest BCUT2D eigenvalue weighted by Gasteiger charge is -2.30. The van der Waals surface area contributed by atoms with E-state index in [0.29, 0.717) is 11.5 Å². The molecular weight excluding hydrogens is 260 g/mol. The van der Waals surface area contributed by atoms with Crippen LogP contribution in [0.1, 0.15) is 5.56 Å². The quantitative estimate of drug-likeness (QED) is 0.629. The average Bonchev–Trinajstić information content (AvgIpc) is 2.62. The third kappa shape index (κ3) is 2.23. The zero-order chi connectivity index (χ0) is 14.2. The van der Waals surface area contributed by atoms with E-state index < -0.39 is 8.24 Å². The Balaban J connectivity index is 2.63. The van der Waals surface area contributed by atoms with Crippen LogP contribution in [-0.2, 0) is 9.63 Å². The van der Waals surface area contributed by atoms with E-state index in [4.69, 9.17) is 9.57 Å². The number of fused-ring (bicyclic) bond motifs is 1. The number of methoxy groups -OCH3 is 1. The minimum absolute atomic E-state index is 0.0933. The van der Waals surface area contributed by atoms with Crippen molar-refractivity contribution in [1.29, 1.82) is 0 Å². The Labute approximate surface area is 113 Å². The van der Waals surface area contributed by atoms with Crippen molar-refractivity contribution >= 4 is 25.5 Å². The molecule has 19 heavy (non-hydrogen) atoms. The van der Waals surface area contributed by atoms with Crippen LogP contribution < -0.4 is 9.30 Å². The number of ether oxygens (including phenoxy) is 1. The topological polar surface area (TPSA) is 51.1 Å². The number of hydrogen-bond donors (Lipinski definition) is 0. The van der Waals surface area contributed by atoms with Crippen molar-refractivity contribution in [3.8, 4) is 5.75 Å². The molecule has 1 aliphatic heterocycles. The molecule has 0 spiro atoms. The number of rotatable bonds is 3. The van der Waals surface area contributed by atoms with E-state index in [9.17, 15) is 4.79 Å². The number of benzene rings is 1. The van der Waals surface area contributed by atoms with Gasteiger partial charge >= 0.3 is 0 Å². The summed E-state index contributed by atoms with van der Waals surface area (Å²) in [4.78, 5) is 17.3. The molecule has 0 aromatic heterocycles. The molecule has 1 aromatic carbocycles. The minimum atomic E-state index is -1.83. The van der Waals surface area contributed by atoms with E-state index >= 15 is 0 Å². The number of carbonyl (C=O) groups excluding carboxylic acids is 1. The molecule has 2 rings (SSSR count). The molecule has 0 fully saturated rings. The number of anilines is 1. The van der Waals surface area contributed by atoms with Crippen molar-refractivity contribution < 1.29 is 14.4 Å². The molecule has 0 atom stereocenters. The predicted molar refractivity (Wildman–Crippen MR) is 77.4 cm³/mol. The van der Waals surface area contributed by atoms with Gasteiger partial charge < -0.3 is 14.1 Å². The fourth-order valence-electron chi connectivity index (χ4n) is 2.20. The van der Waals surface area contributed by atoms with Crippen LogP contribution in [-0.4, -0.2) is 34.1 Å². The van der Waals surface area contributed by atoms with Crippen molar-refractivity contribution in [2.24, 2.45) is 5.16 Å². The van der Waals surface area contributed by atoms with Crippen LogP contribution in [0.5, 0.6) is 5.75 Å². The molecule has 0 saturated heterocycles. The molecule has 1 amide bonds. The van der Waals surface area contributed by atoms with E-state index in [2.05, 4.69) is 24.8 Å². The zero-order valence-electron chi connectivity index (χ0n) is 11.9. The first-order valence-corrected chi connectivity index (χ1v) is 9.49. The second-order valence-corrected chi connectivity index (χ2v) is 10.1. The van der Waals surface area contributed by atoms with Crippen LogP contribution >= 0.6 is 0 Å². The molecule has 0 bridgehead atoms. The van der Waals surface area contributed by atoms with Crippen molar-refractivity contribution in [1.82, 2.24) is 0 Å². The molecule has 1 aromatic rings. The van der Waals surface area contributed by atoms with Crippen molar-refractivity contribution in [3.05, 3.63) is 23.8 Å². The molecule has 1 heterocycles. The number of carbonyl (C=O) groups is 1. The molecule has 0 unspecified atom stereocenters. The SMILES string of the molecule is CO/N=C1\C(=O)N([Si](C)(C)C)c2ccc(OC)cc21. The van der Waals surface area contributed by atoms with E-state index in [0.717, 1.165) is 11.3 Å². The largest absolute Gasteiger partial charge is 0.497 e. The number of nitrogens with zero attached hydrogens (tertiary/aromatic N) is 2. The predicted octanol–water partition coefficient (Wildman–Crippen LogP) is 2.23. The minimum Gasteiger partial charge on any atom is -0.497 e. The zero-order valence-corrected chi connectivity index (χ0v) is 12.9. The smallest absolute Gasteiger partial charge is 0.273 e. The van der Waals surface area contributed by atoms with Gasteiger partial charge in [-0.25, -0.2) is 0 Å². The number of oxime groups is 1. The van der Waals surface area contributed by atoms with Crippen LogP contribution in [0, 0.1) is 0 Å². The van der Waals surface area contributed by atoms with Gasteiger partial charge in [0, 0.05) is 11.3 Å². The third-order valence-corrected chi connectivity index (χ3v) is 4.74. The first kappa shape index (κ1) is 13.6. The highest BCUT2D eigenvalue weighted by Gasteiger charge is 2.41. The normalized spacial score (nSPS) is 16.8. The molecule has 0 N–H and O–H groups in total. The van der Waals surface area contributed by atoms with Gasteiger partial charge in [-0.1, -0.05) is 24.8 Å². The fourth-order valence-corrected chi connectivity index (χ4v) is 3.84. The highest BCUT2D eigenvalue weighted by molar-refractivity contribution is 6.87. The first-order valence-electron chi connectivity index (χ1n) is 6.04. The summed E-state index contributed by atoms with van der Waals surface area (Å²) in [6.07, 6.45) is 0. The van der Waals surface area contributed by atoms with Crippen LogP contribution in [0.2, 0.25) is 19.6 Å². The summed E-state index contributed by atoms with van der Waals surface area (Å²) in [5.41, 5.74) is 2.01. The van der Waals surface area contributed by atoms with Gasteiger partial charge in [-0.15, -0.1) is 0 Å². The molecule has 0 radical (unpaired) electrons. The summed E-state index contributed by atoms with van der Waals surface area (Å²) in [7, 11) is 1.21. The van der Waals surface area contributed by atoms with Crippen molar-refractivity contribution in [3.63, 3.8) is 0 Å². The monoisotopic (exact) mass is 278 g/mol. The Hall–Kier alpha value is -1.82. The van der Waals surface area contributed by atoms with Gasteiger partial charge in [0.05, 0.1) is 7.11 Å². The van der Waals surface area contributed by atoms with Crippen LogP contribution in [0.15, 0.2) is 23.4 Å². The molecule has 6 heteroatoms. The highest BCUT2D eigenvalue weighted by atomic mass is 28.3. The van der Waals surface area contributed by atoms with Gasteiger partial charge in [0.2, 0.25) is 0 Å². The highest BCUT2D eigenvalue weighted by Crippen LogP contribution is 2.35.